The average Bonchev–Trinajstić information content (AvgIpc) is 3.07. The number of hydrogen-bond donors (Lipinski definition) is 1. The first-order chi connectivity index (χ1) is 12.1. The Balaban J connectivity index is 1.83. The lowest BCUT2D eigenvalue weighted by Crippen LogP contribution is -2.55. The highest BCUT2D eigenvalue weighted by molar-refractivity contribution is 6.38. The third-order valence-electron chi connectivity index (χ3n) is 4.41. The molecule has 1 fully saturated rings. The second-order valence-corrected chi connectivity index (χ2v) is 6.31. The Hall–Kier alpha value is -2.41. The first-order valence-electron chi connectivity index (χ1n) is 8.71. The zero-order valence-electron chi connectivity index (χ0n) is 14.6. The molecular weight excluding hydrogens is 320 g/mol. The summed E-state index contributed by atoms with van der Waals surface area (Å²) in [5.74, 6) is -0.451. The number of rotatable bonds is 4. The number of carbonyl (C=O) groups excluding carboxylic acids is 2. The Labute approximate surface area is 147 Å². The van der Waals surface area contributed by atoms with Gasteiger partial charge in [-0.15, -0.1) is 0 Å². The number of esters is 1. The van der Waals surface area contributed by atoms with Crippen LogP contribution in [0.2, 0.25) is 0 Å². The molecule has 7 heteroatoms. The van der Waals surface area contributed by atoms with Gasteiger partial charge in [-0.05, 0) is 26.0 Å². The fourth-order valence-electron chi connectivity index (χ4n) is 3.20. The summed E-state index contributed by atoms with van der Waals surface area (Å²) in [6, 6.07) is 9.21. The Bertz CT molecular complexity index is 662. The zero-order chi connectivity index (χ0) is 17.8. The quantitative estimate of drug-likeness (QED) is 0.825. The number of carbonyl (C=O) groups is 2. The largest absolute Gasteiger partial charge is 0.461 e. The maximum atomic E-state index is 13.1. The van der Waals surface area contributed by atoms with Crippen molar-refractivity contribution in [2.45, 2.75) is 32.4 Å². The molecule has 2 aliphatic heterocycles. The lowest BCUT2D eigenvalue weighted by atomic mass is 10.1. The van der Waals surface area contributed by atoms with Crippen molar-refractivity contribution in [1.82, 2.24) is 10.2 Å². The molecule has 1 amide bonds. The van der Waals surface area contributed by atoms with Crippen molar-refractivity contribution in [3.8, 4) is 0 Å². The van der Waals surface area contributed by atoms with E-state index in [1.807, 2.05) is 35.2 Å². The van der Waals surface area contributed by atoms with E-state index >= 15 is 0 Å². The smallest absolute Gasteiger partial charge is 0.354 e. The van der Waals surface area contributed by atoms with Gasteiger partial charge in [0, 0.05) is 32.1 Å². The zero-order valence-corrected chi connectivity index (χ0v) is 14.6. The van der Waals surface area contributed by atoms with E-state index in [-0.39, 0.29) is 25.0 Å². The number of nitrogens with one attached hydrogen (secondary N) is 1. The van der Waals surface area contributed by atoms with Gasteiger partial charge in [-0.3, -0.25) is 9.80 Å². The van der Waals surface area contributed by atoms with Crippen molar-refractivity contribution in [3.63, 3.8) is 0 Å². The van der Waals surface area contributed by atoms with E-state index in [0.29, 0.717) is 18.8 Å². The minimum absolute atomic E-state index is 0.000233. The Morgan fingerprint density at radius 1 is 1.32 bits per heavy atom. The summed E-state index contributed by atoms with van der Waals surface area (Å²) >= 11 is 0. The predicted octanol–water partition coefficient (Wildman–Crippen LogP) is 1.00. The molecule has 1 saturated heterocycles. The Morgan fingerprint density at radius 2 is 2.08 bits per heavy atom. The molecule has 0 saturated carbocycles. The van der Waals surface area contributed by atoms with E-state index in [0.717, 1.165) is 12.2 Å². The summed E-state index contributed by atoms with van der Waals surface area (Å²) in [4.78, 5) is 27.0. The molecule has 1 aromatic rings. The molecule has 2 aliphatic rings. The summed E-state index contributed by atoms with van der Waals surface area (Å²) < 4.78 is 5.07. The van der Waals surface area contributed by atoms with Crippen LogP contribution in [0.3, 0.4) is 0 Å². The SMILES string of the molecule is CCOC(=O)C1=NN(c2ccccc2)C(C(=O)N2CCN[C@H](C)C2)C1. The van der Waals surface area contributed by atoms with Gasteiger partial charge in [0.15, 0.2) is 0 Å². The van der Waals surface area contributed by atoms with Gasteiger partial charge >= 0.3 is 5.97 Å². The molecule has 3 rings (SSSR count). The van der Waals surface area contributed by atoms with Crippen molar-refractivity contribution < 1.29 is 14.3 Å². The van der Waals surface area contributed by atoms with Crippen LogP contribution in [0.25, 0.3) is 0 Å². The first kappa shape index (κ1) is 17.4. The normalized spacial score (nSPS) is 23.4. The van der Waals surface area contributed by atoms with Gasteiger partial charge in [0.2, 0.25) is 5.91 Å². The maximum Gasteiger partial charge on any atom is 0.354 e. The standard InChI is InChI=1S/C18H24N4O3/c1-3-25-18(24)15-11-16(17(23)21-10-9-19-13(2)12-21)22(20-15)14-7-5-4-6-8-14/h4-8,13,16,19H,3,9-12H2,1-2H3/t13-,16?/m1/s1. The minimum atomic E-state index is -0.507. The fraction of sp³-hybridized carbons (Fsp3) is 0.500. The van der Waals surface area contributed by atoms with E-state index in [4.69, 9.17) is 4.74 Å². The van der Waals surface area contributed by atoms with Gasteiger partial charge in [0.05, 0.1) is 12.3 Å². The Kier molecular flexibility index (Phi) is 5.33. The maximum absolute atomic E-state index is 13.1. The van der Waals surface area contributed by atoms with E-state index < -0.39 is 12.0 Å². The van der Waals surface area contributed by atoms with Crippen molar-refractivity contribution in [3.05, 3.63) is 30.3 Å². The molecule has 7 nitrogen and oxygen atoms in total. The molecule has 1 unspecified atom stereocenters. The number of hydrazone groups is 1. The summed E-state index contributed by atoms with van der Waals surface area (Å²) in [5.41, 5.74) is 1.09. The number of amides is 1. The average molecular weight is 344 g/mol. The monoisotopic (exact) mass is 344 g/mol. The van der Waals surface area contributed by atoms with Crippen molar-refractivity contribution >= 4 is 23.3 Å². The number of piperazine rings is 1. The van der Waals surface area contributed by atoms with Crippen LogP contribution in [0.5, 0.6) is 0 Å². The van der Waals surface area contributed by atoms with E-state index in [1.165, 1.54) is 0 Å². The van der Waals surface area contributed by atoms with E-state index in [9.17, 15) is 9.59 Å². The molecule has 2 heterocycles. The lowest BCUT2D eigenvalue weighted by molar-refractivity contribution is -0.135. The van der Waals surface area contributed by atoms with Crippen molar-refractivity contribution in [2.24, 2.45) is 5.10 Å². The van der Waals surface area contributed by atoms with Crippen LogP contribution in [0.15, 0.2) is 35.4 Å². The third-order valence-corrected chi connectivity index (χ3v) is 4.41. The lowest BCUT2D eigenvalue weighted by Gasteiger charge is -2.35. The summed E-state index contributed by atoms with van der Waals surface area (Å²) in [7, 11) is 0. The number of nitrogens with zero attached hydrogens (tertiary/aromatic N) is 3. The Morgan fingerprint density at radius 3 is 2.76 bits per heavy atom. The van der Waals surface area contributed by atoms with Gasteiger partial charge in [0.25, 0.3) is 0 Å². The molecule has 25 heavy (non-hydrogen) atoms. The predicted molar refractivity (Wildman–Crippen MR) is 95.4 cm³/mol. The van der Waals surface area contributed by atoms with Crippen LogP contribution in [0.4, 0.5) is 5.69 Å². The molecule has 1 aromatic carbocycles. The summed E-state index contributed by atoms with van der Waals surface area (Å²) in [6.45, 7) is 6.20. The topological polar surface area (TPSA) is 74.2 Å². The molecule has 0 bridgehead atoms. The first-order valence-corrected chi connectivity index (χ1v) is 8.71. The minimum Gasteiger partial charge on any atom is -0.461 e. The van der Waals surface area contributed by atoms with Gasteiger partial charge in [0.1, 0.15) is 11.8 Å². The second-order valence-electron chi connectivity index (χ2n) is 6.31. The fourth-order valence-corrected chi connectivity index (χ4v) is 3.20. The highest BCUT2D eigenvalue weighted by Crippen LogP contribution is 2.26. The molecule has 1 N–H and O–H groups in total. The van der Waals surface area contributed by atoms with E-state index in [2.05, 4.69) is 17.3 Å². The third kappa shape index (κ3) is 3.82. The number of para-hydroxylation sites is 1. The molecule has 2 atom stereocenters. The summed E-state index contributed by atoms with van der Waals surface area (Å²) in [5, 5.41) is 9.39. The molecule has 0 spiro atoms. The van der Waals surface area contributed by atoms with Crippen molar-refractivity contribution in [2.75, 3.05) is 31.3 Å². The van der Waals surface area contributed by atoms with Crippen LogP contribution < -0.4 is 10.3 Å². The van der Waals surface area contributed by atoms with Crippen LogP contribution in [-0.4, -0.2) is 60.8 Å². The summed E-state index contributed by atoms with van der Waals surface area (Å²) in [6.07, 6.45) is 0.269. The molecule has 0 aliphatic carbocycles. The van der Waals surface area contributed by atoms with Crippen molar-refractivity contribution in [1.29, 1.82) is 0 Å². The molecule has 0 radical (unpaired) electrons. The number of hydrogen-bond acceptors (Lipinski definition) is 6. The number of ether oxygens (including phenoxy) is 1. The molecule has 134 valence electrons. The molecular formula is C18H24N4O3. The van der Waals surface area contributed by atoms with Crippen LogP contribution >= 0.6 is 0 Å². The number of anilines is 1. The van der Waals surface area contributed by atoms with Gasteiger partial charge in [-0.1, -0.05) is 18.2 Å². The van der Waals surface area contributed by atoms with Gasteiger partial charge in [-0.2, -0.15) is 5.10 Å². The van der Waals surface area contributed by atoms with Gasteiger partial charge < -0.3 is 15.0 Å². The van der Waals surface area contributed by atoms with Gasteiger partial charge in [-0.25, -0.2) is 4.79 Å². The molecule has 0 aromatic heterocycles. The van der Waals surface area contributed by atoms with E-state index in [1.54, 1.807) is 11.9 Å². The van der Waals surface area contributed by atoms with Crippen LogP contribution in [0.1, 0.15) is 20.3 Å². The highest BCUT2D eigenvalue weighted by atomic mass is 16.5. The second kappa shape index (κ2) is 7.65. The highest BCUT2D eigenvalue weighted by Gasteiger charge is 2.39. The number of benzene rings is 1. The van der Waals surface area contributed by atoms with Crippen LogP contribution in [0, 0.1) is 0 Å². The van der Waals surface area contributed by atoms with Crippen LogP contribution in [-0.2, 0) is 14.3 Å².